The molecule has 0 aromatic heterocycles. The molecule has 1 aromatic rings. The molecule has 0 amide bonds. The topological polar surface area (TPSA) is 21.3 Å². The molecule has 0 saturated carbocycles. The van der Waals surface area contributed by atoms with Crippen molar-refractivity contribution >= 4 is 0 Å². The van der Waals surface area contributed by atoms with Crippen molar-refractivity contribution in [3.63, 3.8) is 0 Å². The lowest BCUT2D eigenvalue weighted by molar-refractivity contribution is -0.174. The van der Waals surface area contributed by atoms with E-state index in [-0.39, 0.29) is 12.6 Å². The maximum atomic E-state index is 12.0. The highest BCUT2D eigenvalue weighted by atomic mass is 19.4. The minimum atomic E-state index is -4.25. The Morgan fingerprint density at radius 2 is 2.05 bits per heavy atom. The molecule has 0 heterocycles. The van der Waals surface area contributed by atoms with Crippen LogP contribution in [0.15, 0.2) is 24.3 Å². The minimum absolute atomic E-state index is 0.0139. The van der Waals surface area contributed by atoms with E-state index in [0.29, 0.717) is 6.42 Å². The Kier molecular flexibility index (Phi) is 7.02. The van der Waals surface area contributed by atoms with Gasteiger partial charge < -0.3 is 10.1 Å². The lowest BCUT2D eigenvalue weighted by atomic mass is 10.00. The van der Waals surface area contributed by atoms with E-state index in [9.17, 15) is 13.2 Å². The zero-order valence-electron chi connectivity index (χ0n) is 12.0. The van der Waals surface area contributed by atoms with Crippen molar-refractivity contribution in [1.29, 1.82) is 0 Å². The van der Waals surface area contributed by atoms with Crippen LogP contribution in [0.5, 0.6) is 0 Å². The molecular weight excluding hydrogens is 267 g/mol. The molecule has 0 spiro atoms. The average Bonchev–Trinajstić information content (AvgIpc) is 2.38. The second kappa shape index (κ2) is 8.27. The third-order valence-corrected chi connectivity index (χ3v) is 3.06. The number of hydrogen-bond acceptors (Lipinski definition) is 2. The number of rotatable bonds is 8. The fourth-order valence-corrected chi connectivity index (χ4v) is 2.12. The predicted molar refractivity (Wildman–Crippen MR) is 73.7 cm³/mol. The van der Waals surface area contributed by atoms with Crippen LogP contribution in [0.1, 0.15) is 36.9 Å². The number of alkyl halides is 3. The largest absolute Gasteiger partial charge is 0.411 e. The van der Waals surface area contributed by atoms with Crippen LogP contribution in [-0.4, -0.2) is 26.4 Å². The highest BCUT2D eigenvalue weighted by Gasteiger charge is 2.27. The highest BCUT2D eigenvalue weighted by Crippen LogP contribution is 2.20. The average molecular weight is 289 g/mol. The molecule has 20 heavy (non-hydrogen) atoms. The van der Waals surface area contributed by atoms with Crippen LogP contribution in [0, 0.1) is 0 Å². The normalized spacial score (nSPS) is 13.4. The monoisotopic (exact) mass is 289 g/mol. The third-order valence-electron chi connectivity index (χ3n) is 3.06. The lowest BCUT2D eigenvalue weighted by Crippen LogP contribution is -2.21. The molecule has 0 aliphatic rings. The van der Waals surface area contributed by atoms with Crippen LogP contribution in [0.4, 0.5) is 13.2 Å². The number of hydrogen-bond donors (Lipinski definition) is 1. The molecule has 0 aliphatic heterocycles. The number of benzene rings is 1. The van der Waals surface area contributed by atoms with Gasteiger partial charge in [-0.05, 0) is 31.0 Å². The van der Waals surface area contributed by atoms with Gasteiger partial charge in [0.1, 0.15) is 6.61 Å². The molecule has 1 N–H and O–H groups in total. The molecule has 5 heteroatoms. The van der Waals surface area contributed by atoms with Crippen molar-refractivity contribution < 1.29 is 17.9 Å². The van der Waals surface area contributed by atoms with Gasteiger partial charge >= 0.3 is 6.18 Å². The van der Waals surface area contributed by atoms with Crippen LogP contribution in [0.3, 0.4) is 0 Å². The second-order valence-electron chi connectivity index (χ2n) is 4.79. The number of ether oxygens (including phenoxy) is 1. The van der Waals surface area contributed by atoms with E-state index in [1.54, 1.807) is 7.05 Å². The molecule has 114 valence electrons. The SMILES string of the molecule is CCCc1cccc(C(CCOCC(F)(F)F)NC)c1. The Morgan fingerprint density at radius 3 is 2.65 bits per heavy atom. The van der Waals surface area contributed by atoms with E-state index in [1.165, 1.54) is 5.56 Å². The van der Waals surface area contributed by atoms with Crippen molar-refractivity contribution in [2.75, 3.05) is 20.3 Å². The lowest BCUT2D eigenvalue weighted by Gasteiger charge is -2.18. The van der Waals surface area contributed by atoms with Crippen LogP contribution in [0.25, 0.3) is 0 Å². The molecule has 2 nitrogen and oxygen atoms in total. The van der Waals surface area contributed by atoms with E-state index < -0.39 is 12.8 Å². The first-order valence-corrected chi connectivity index (χ1v) is 6.87. The summed E-state index contributed by atoms with van der Waals surface area (Å²) >= 11 is 0. The van der Waals surface area contributed by atoms with Gasteiger partial charge in [-0.25, -0.2) is 0 Å². The van der Waals surface area contributed by atoms with Crippen LogP contribution < -0.4 is 5.32 Å². The van der Waals surface area contributed by atoms with Crippen molar-refractivity contribution in [3.05, 3.63) is 35.4 Å². The number of halogens is 3. The summed E-state index contributed by atoms with van der Waals surface area (Å²) in [6.45, 7) is 1.02. The highest BCUT2D eigenvalue weighted by molar-refractivity contribution is 5.26. The molecule has 0 saturated heterocycles. The van der Waals surface area contributed by atoms with Gasteiger partial charge in [0, 0.05) is 12.6 Å². The predicted octanol–water partition coefficient (Wildman–Crippen LogP) is 3.87. The van der Waals surface area contributed by atoms with Gasteiger partial charge in [0.15, 0.2) is 0 Å². The molecule has 0 radical (unpaired) electrons. The summed E-state index contributed by atoms with van der Waals surface area (Å²) < 4.78 is 40.6. The zero-order chi connectivity index (χ0) is 15.0. The first-order valence-electron chi connectivity index (χ1n) is 6.87. The summed E-state index contributed by atoms with van der Waals surface area (Å²) in [5.74, 6) is 0. The van der Waals surface area contributed by atoms with E-state index >= 15 is 0 Å². The zero-order valence-corrected chi connectivity index (χ0v) is 12.0. The van der Waals surface area contributed by atoms with Gasteiger partial charge in [-0.1, -0.05) is 37.6 Å². The molecule has 1 rings (SSSR count). The van der Waals surface area contributed by atoms with Gasteiger partial charge in [0.05, 0.1) is 0 Å². The van der Waals surface area contributed by atoms with Gasteiger partial charge in [-0.3, -0.25) is 0 Å². The van der Waals surface area contributed by atoms with E-state index in [0.717, 1.165) is 18.4 Å². The summed E-state index contributed by atoms with van der Waals surface area (Å²) in [6, 6.07) is 8.17. The minimum Gasteiger partial charge on any atom is -0.372 e. The quantitative estimate of drug-likeness (QED) is 0.734. The Morgan fingerprint density at radius 1 is 1.30 bits per heavy atom. The fourth-order valence-electron chi connectivity index (χ4n) is 2.12. The van der Waals surface area contributed by atoms with Crippen LogP contribution in [0.2, 0.25) is 0 Å². The molecule has 0 fully saturated rings. The standard InChI is InChI=1S/C15H22F3NO/c1-3-5-12-6-4-7-13(10-12)14(19-2)8-9-20-11-15(16,17)18/h4,6-7,10,14,19H,3,5,8-9,11H2,1-2H3. The number of nitrogens with one attached hydrogen (secondary N) is 1. The maximum Gasteiger partial charge on any atom is 0.411 e. The third kappa shape index (κ3) is 6.39. The Bertz CT molecular complexity index is 393. The number of aryl methyl sites for hydroxylation is 1. The Hall–Kier alpha value is -1.07. The summed E-state index contributed by atoms with van der Waals surface area (Å²) in [5, 5.41) is 3.12. The molecule has 0 bridgehead atoms. The van der Waals surface area contributed by atoms with E-state index in [4.69, 9.17) is 0 Å². The van der Waals surface area contributed by atoms with Crippen LogP contribution in [-0.2, 0) is 11.2 Å². The molecular formula is C15H22F3NO. The second-order valence-corrected chi connectivity index (χ2v) is 4.79. The van der Waals surface area contributed by atoms with Gasteiger partial charge in [0.25, 0.3) is 0 Å². The smallest absolute Gasteiger partial charge is 0.372 e. The summed E-state index contributed by atoms with van der Waals surface area (Å²) in [5.41, 5.74) is 2.34. The van der Waals surface area contributed by atoms with E-state index in [1.807, 2.05) is 12.1 Å². The Labute approximate surface area is 118 Å². The van der Waals surface area contributed by atoms with Crippen LogP contribution >= 0.6 is 0 Å². The van der Waals surface area contributed by atoms with Crippen molar-refractivity contribution in [3.8, 4) is 0 Å². The van der Waals surface area contributed by atoms with Gasteiger partial charge in [0.2, 0.25) is 0 Å². The molecule has 1 aromatic carbocycles. The molecule has 1 unspecified atom stereocenters. The fraction of sp³-hybridized carbons (Fsp3) is 0.600. The van der Waals surface area contributed by atoms with Gasteiger partial charge in [-0.15, -0.1) is 0 Å². The summed E-state index contributed by atoms with van der Waals surface area (Å²) in [4.78, 5) is 0. The first kappa shape index (κ1) is 17.0. The molecule has 0 aliphatic carbocycles. The van der Waals surface area contributed by atoms with Crippen molar-refractivity contribution in [2.45, 2.75) is 38.4 Å². The molecule has 1 atom stereocenters. The van der Waals surface area contributed by atoms with Crippen molar-refractivity contribution in [1.82, 2.24) is 5.32 Å². The maximum absolute atomic E-state index is 12.0. The van der Waals surface area contributed by atoms with Gasteiger partial charge in [-0.2, -0.15) is 13.2 Å². The summed E-state index contributed by atoms with van der Waals surface area (Å²) in [6.07, 6.45) is -1.66. The van der Waals surface area contributed by atoms with E-state index in [2.05, 4.69) is 29.1 Å². The first-order chi connectivity index (χ1) is 9.46. The van der Waals surface area contributed by atoms with Crippen molar-refractivity contribution in [2.24, 2.45) is 0 Å². The summed E-state index contributed by atoms with van der Waals surface area (Å²) in [7, 11) is 1.81. The Balaban J connectivity index is 2.51.